The quantitative estimate of drug-likeness (QED) is 0.0300. The van der Waals surface area contributed by atoms with Crippen molar-refractivity contribution in [2.24, 2.45) is 0 Å². The van der Waals surface area contributed by atoms with Crippen molar-refractivity contribution in [3.05, 3.63) is 65.5 Å². The molecule has 500 valence electrons. The van der Waals surface area contributed by atoms with Crippen LogP contribution in [-0.4, -0.2) is 277 Å². The molecule has 0 aliphatic carbocycles. The summed E-state index contributed by atoms with van der Waals surface area (Å²) in [6.07, 6.45) is -11.9. The van der Waals surface area contributed by atoms with Crippen molar-refractivity contribution >= 4 is 274 Å². The van der Waals surface area contributed by atoms with Gasteiger partial charge in [0.25, 0.3) is 53.2 Å². The average Bonchev–Trinajstić information content (AvgIpc) is 1.31. The lowest BCUT2D eigenvalue weighted by molar-refractivity contribution is -0.126. The molecule has 7 atom stereocenters. The molecule has 31 nitrogen and oxygen atoms in total. The van der Waals surface area contributed by atoms with E-state index in [0.717, 1.165) is 9.80 Å². The Kier molecular flexibility index (Phi) is 36.4. The number of likely N-dealkylation sites (N-methyl/N-ethyl adjacent to an activating group) is 1. The maximum absolute atomic E-state index is 15.4. The minimum absolute atomic E-state index is 0.00339. The summed E-state index contributed by atoms with van der Waals surface area (Å²) in [7, 11) is 2.60. The molecule has 3 aromatic carbocycles. The molecular weight excluding hydrogens is 2220 g/mol. The molecule has 0 aromatic heterocycles. The van der Waals surface area contributed by atoms with Crippen LogP contribution in [0.15, 0.2) is 0 Å². The molecular formula is C50H60I9N9O22. The van der Waals surface area contributed by atoms with Crippen LogP contribution in [0.4, 0.5) is 17.1 Å². The van der Waals surface area contributed by atoms with E-state index in [0.29, 0.717) is 0 Å². The predicted molar refractivity (Wildman–Crippen MR) is 396 cm³/mol. The summed E-state index contributed by atoms with van der Waals surface area (Å²) < 4.78 is 0.156. The van der Waals surface area contributed by atoms with Crippen LogP contribution >= 0.6 is 203 Å². The van der Waals surface area contributed by atoms with Gasteiger partial charge in [0, 0.05) is 70.6 Å². The highest BCUT2D eigenvalue weighted by Crippen LogP contribution is 2.40. The number of carbonyl (C=O) groups is 9. The van der Waals surface area contributed by atoms with Gasteiger partial charge in [-0.1, -0.05) is 0 Å². The molecule has 0 spiro atoms. The van der Waals surface area contributed by atoms with Gasteiger partial charge in [0.2, 0.25) is 0 Å². The zero-order valence-electron chi connectivity index (χ0n) is 46.7. The number of aliphatic hydroxyl groups is 13. The molecule has 0 aliphatic rings. The van der Waals surface area contributed by atoms with Gasteiger partial charge in [-0.15, -0.1) is 0 Å². The molecule has 90 heavy (non-hydrogen) atoms. The van der Waals surface area contributed by atoms with Gasteiger partial charge in [-0.2, -0.15) is 0 Å². The molecule has 0 bridgehead atoms. The number of hydrogen-bond donors (Lipinski definition) is 19. The number of anilines is 3. The SMILES string of the molecule is CN(CCCN(CC(O)CN(C)C(=O)c1c(I)c(NC(=O)C(O)CO)c(I)c(C(=O)NCC(O)CO)c1I)C(=O)c1c(I)c(NC(=O)C(O)CO)c(I)c(C(=O)NCC(O)CO)c1I)C(=O)c1c(I)c(NC(=O)C(O)CO)c(I)c(C(=O)NCC(O)CO)c1I. The normalized spacial score (nSPS) is 13.6. The van der Waals surface area contributed by atoms with Gasteiger partial charge in [-0.05, 0) is 210 Å². The van der Waals surface area contributed by atoms with E-state index in [9.17, 15) is 105 Å². The fourth-order valence-corrected chi connectivity index (χ4v) is 20.7. The highest BCUT2D eigenvalue weighted by molar-refractivity contribution is 14.1. The standard InChI is InChI=1S/C50H60I9N9O22/c1-66(48(88)27-30(51)24(45(85)60-6-17(75)11-69)33(54)39(36(27)57)63-42(82)21(79)14-72)4-3-5-68(50(90)29-32(53)26(47(87)62-8-19(77)13-71)35(56)41(38(29)59)65-44(84)23(81)16-74)10-20(78)9-67(2)49(89)28-31(52)25(46(86)61-7-18(76)12-70)34(55)40(37(28)58)64-43(83)22(80)15-73/h17-23,69-81H,3-16H2,1-2H3,(H,60,85)(H,61,86)(H,62,87)(H,63,82)(H,64,83)(H,65,84). The van der Waals surface area contributed by atoms with Crippen LogP contribution < -0.4 is 31.9 Å². The second kappa shape index (κ2) is 39.4. The molecule has 7 unspecified atom stereocenters. The Morgan fingerprint density at radius 1 is 0.356 bits per heavy atom. The summed E-state index contributed by atoms with van der Waals surface area (Å²) in [5.74, 6) is -8.63. The van der Waals surface area contributed by atoms with Gasteiger partial charge in [0.15, 0.2) is 18.3 Å². The summed E-state index contributed by atoms with van der Waals surface area (Å²) in [5, 5.41) is 144. The highest BCUT2D eigenvalue weighted by Gasteiger charge is 2.36. The molecule has 0 saturated heterocycles. The number of amides is 9. The van der Waals surface area contributed by atoms with Crippen LogP contribution in [0.5, 0.6) is 0 Å². The van der Waals surface area contributed by atoms with Crippen molar-refractivity contribution in [1.29, 1.82) is 0 Å². The first-order valence-electron chi connectivity index (χ1n) is 25.7. The summed E-state index contributed by atoms with van der Waals surface area (Å²) in [4.78, 5) is 129. The zero-order chi connectivity index (χ0) is 68.5. The number of nitrogens with one attached hydrogen (secondary N) is 6. The van der Waals surface area contributed by atoms with E-state index in [1.54, 1.807) is 203 Å². The molecule has 0 saturated carbocycles. The summed E-state index contributed by atoms with van der Waals surface area (Å²) in [6.45, 7) is -8.48. The van der Waals surface area contributed by atoms with E-state index in [2.05, 4.69) is 31.9 Å². The molecule has 0 radical (unpaired) electrons. The predicted octanol–water partition coefficient (Wildman–Crippen LogP) is -2.01. The zero-order valence-corrected chi connectivity index (χ0v) is 66.1. The van der Waals surface area contributed by atoms with E-state index in [1.807, 2.05) is 0 Å². The van der Waals surface area contributed by atoms with Gasteiger partial charge in [0.1, 0.15) is 0 Å². The smallest absolute Gasteiger partial charge is 0.256 e. The number of aliphatic hydroxyl groups excluding tert-OH is 13. The first-order chi connectivity index (χ1) is 42.1. The fraction of sp³-hybridized carbons (Fsp3) is 0.460. The molecule has 0 fully saturated rings. The lowest BCUT2D eigenvalue weighted by Crippen LogP contribution is -2.45. The van der Waals surface area contributed by atoms with Crippen LogP contribution in [0.25, 0.3) is 0 Å². The van der Waals surface area contributed by atoms with E-state index in [-0.39, 0.29) is 102 Å². The van der Waals surface area contributed by atoms with Crippen molar-refractivity contribution in [3.63, 3.8) is 0 Å². The molecule has 19 N–H and O–H groups in total. The van der Waals surface area contributed by atoms with Crippen LogP contribution in [0.2, 0.25) is 0 Å². The Morgan fingerprint density at radius 2 is 0.633 bits per heavy atom. The van der Waals surface area contributed by atoms with Crippen LogP contribution in [0.1, 0.15) is 68.6 Å². The van der Waals surface area contributed by atoms with Gasteiger partial charge in [-0.3, -0.25) is 43.2 Å². The van der Waals surface area contributed by atoms with E-state index < -0.39 is 168 Å². The molecule has 9 amide bonds. The number of benzene rings is 3. The summed E-state index contributed by atoms with van der Waals surface area (Å²) in [6, 6.07) is 0. The lowest BCUT2D eigenvalue weighted by atomic mass is 10.1. The largest absolute Gasteiger partial charge is 0.394 e. The summed E-state index contributed by atoms with van der Waals surface area (Å²) >= 11 is 15.4. The number of rotatable bonds is 32. The van der Waals surface area contributed by atoms with Crippen LogP contribution in [0, 0.1) is 32.1 Å². The second-order valence-corrected chi connectivity index (χ2v) is 28.8. The summed E-state index contributed by atoms with van der Waals surface area (Å²) in [5.41, 5.74) is -1.77. The Bertz CT molecular complexity index is 3190. The number of nitrogens with zero attached hydrogens (tertiary/aromatic N) is 3. The average molecular weight is 2280 g/mol. The molecule has 40 heteroatoms. The third-order valence-electron chi connectivity index (χ3n) is 12.4. The minimum Gasteiger partial charge on any atom is -0.394 e. The Hall–Kier alpha value is -1.06. The Morgan fingerprint density at radius 3 is 0.922 bits per heavy atom. The first kappa shape index (κ1) is 83.2. The van der Waals surface area contributed by atoms with Crippen LogP contribution in [-0.2, 0) is 14.4 Å². The van der Waals surface area contributed by atoms with E-state index in [4.69, 9.17) is 0 Å². The fourth-order valence-electron chi connectivity index (χ4n) is 7.57. The van der Waals surface area contributed by atoms with Crippen molar-refractivity contribution in [2.75, 3.05) is 116 Å². The topological polar surface area (TPSA) is 499 Å². The van der Waals surface area contributed by atoms with Crippen molar-refractivity contribution in [3.8, 4) is 0 Å². The van der Waals surface area contributed by atoms with E-state index >= 15 is 4.79 Å². The number of halogens is 9. The molecule has 0 aliphatic heterocycles. The van der Waals surface area contributed by atoms with E-state index in [1.165, 1.54) is 19.0 Å². The molecule has 3 aromatic rings. The van der Waals surface area contributed by atoms with Crippen molar-refractivity contribution in [1.82, 2.24) is 30.7 Å². The molecule has 3 rings (SSSR count). The highest BCUT2D eigenvalue weighted by atomic mass is 127. The Labute approximate surface area is 635 Å². The Balaban J connectivity index is 2.30. The maximum Gasteiger partial charge on any atom is 0.256 e. The van der Waals surface area contributed by atoms with Gasteiger partial charge < -0.3 is 113 Å². The maximum atomic E-state index is 15.4. The lowest BCUT2D eigenvalue weighted by Gasteiger charge is -2.30. The monoisotopic (exact) mass is 2280 g/mol. The number of hydrogen-bond acceptors (Lipinski definition) is 22. The third kappa shape index (κ3) is 21.7. The third-order valence-corrected chi connectivity index (χ3v) is 22.1. The van der Waals surface area contributed by atoms with Gasteiger partial charge >= 0.3 is 0 Å². The first-order valence-corrected chi connectivity index (χ1v) is 35.4. The minimum atomic E-state index is -1.99. The number of carbonyl (C=O) groups excluding carboxylic acids is 9. The van der Waals surface area contributed by atoms with Crippen molar-refractivity contribution in [2.45, 2.75) is 49.1 Å². The van der Waals surface area contributed by atoms with Crippen molar-refractivity contribution < 1.29 is 110 Å². The van der Waals surface area contributed by atoms with Gasteiger partial charge in [0.05, 0.1) is 136 Å². The molecule has 0 heterocycles. The van der Waals surface area contributed by atoms with Gasteiger partial charge in [-0.25, -0.2) is 0 Å². The van der Waals surface area contributed by atoms with Crippen LogP contribution in [0.3, 0.4) is 0 Å². The second-order valence-electron chi connectivity index (χ2n) is 19.1.